The van der Waals surface area contributed by atoms with Crippen LogP contribution in [-0.2, 0) is 28.1 Å². The summed E-state index contributed by atoms with van der Waals surface area (Å²) in [6.45, 7) is 1.67. The highest BCUT2D eigenvalue weighted by Gasteiger charge is 2.48. The molecule has 1 fully saturated rings. The van der Waals surface area contributed by atoms with E-state index in [-0.39, 0.29) is 33.4 Å². The fraction of sp³-hybridized carbons (Fsp3) is 0.350. The van der Waals surface area contributed by atoms with Gasteiger partial charge in [0.15, 0.2) is 0 Å². The van der Waals surface area contributed by atoms with Gasteiger partial charge >= 0.3 is 5.97 Å². The molecule has 0 aliphatic heterocycles. The van der Waals surface area contributed by atoms with Crippen LogP contribution in [0.2, 0.25) is 0 Å². The number of carbonyl (C=O) groups is 1. The number of hydrogen-bond acceptors (Lipinski definition) is 12. The first-order valence-corrected chi connectivity index (χ1v) is 19.8. The second-order valence-corrected chi connectivity index (χ2v) is 15.6. The van der Waals surface area contributed by atoms with Crippen molar-refractivity contribution in [3.05, 3.63) is 121 Å². The smallest absolute Gasteiger partial charge is 0.347 e. The number of fused-ring (bicyclic) bond motifs is 1. The summed E-state index contributed by atoms with van der Waals surface area (Å²) in [5, 5.41) is 43.3. The Morgan fingerprint density at radius 3 is 2.36 bits per heavy atom. The number of H-pyrrole nitrogens is 1. The number of halogens is 2. The molecule has 1 atom stereocenters. The molecule has 0 bridgehead atoms. The lowest BCUT2D eigenvalue weighted by atomic mass is 9.90. The van der Waals surface area contributed by atoms with Crippen LogP contribution in [0.3, 0.4) is 0 Å². The summed E-state index contributed by atoms with van der Waals surface area (Å²) >= 11 is 2.83. The average molecular weight is 810 g/mol. The summed E-state index contributed by atoms with van der Waals surface area (Å²) in [6.07, 6.45) is 4.00. The number of hydrogen-bond donors (Lipinski definition) is 5. The number of pyridine rings is 1. The fourth-order valence-electron chi connectivity index (χ4n) is 7.23. The predicted molar refractivity (Wildman–Crippen MR) is 213 cm³/mol. The highest BCUT2D eigenvalue weighted by Crippen LogP contribution is 2.42. The monoisotopic (exact) mass is 809 g/mol. The zero-order chi connectivity index (χ0) is 37.7. The summed E-state index contributed by atoms with van der Waals surface area (Å²) in [5.41, 5.74) is 0.983. The van der Waals surface area contributed by atoms with Crippen LogP contribution in [0.15, 0.2) is 92.9 Å². The number of nitrogens with zero attached hydrogens (tertiary/aromatic N) is 3. The molecular formula is C40H45F2N5O7S2. The molecule has 0 radical (unpaired) electrons. The standard InChI is InChI=1S/C40H43N5O7S2.2FH/c1-45(27-12-14-28(15-13-27)51-40(39(49)50,33-5-3-21-53-33)34-6-4-22-54-34)20-2-7-36-43-38(44-52-36)26-10-8-25(9-11-26)23-41-24-32(47)29-16-18-31(46)37-30(29)17-19-35(48)42-37;;/h3-6,8-11,16-19,21-22,27-28,32,41,46-47H,2,7,12-15,20,23-24H2,1H3,(H,42,48)(H,49,50);2*1H/t27?,28?,32-;;/m0../s1. The highest BCUT2D eigenvalue weighted by molar-refractivity contribution is 7.12. The van der Waals surface area contributed by atoms with Gasteiger partial charge in [0, 0.05) is 42.6 Å². The molecule has 5 N–H and O–H groups in total. The van der Waals surface area contributed by atoms with E-state index in [0.717, 1.165) is 49.8 Å². The first-order chi connectivity index (χ1) is 26.2. The molecule has 16 heteroatoms. The number of aliphatic carboxylic acids is 1. The number of phenols is 1. The van der Waals surface area contributed by atoms with Crippen LogP contribution in [0.5, 0.6) is 5.75 Å². The van der Waals surface area contributed by atoms with Gasteiger partial charge in [0.1, 0.15) is 5.75 Å². The Hall–Kier alpha value is -4.84. The maximum atomic E-state index is 12.8. The van der Waals surface area contributed by atoms with Crippen LogP contribution in [0.25, 0.3) is 22.3 Å². The minimum Gasteiger partial charge on any atom is -0.506 e. The number of carboxylic acids is 1. The number of aliphatic hydroxyl groups is 1. The lowest BCUT2D eigenvalue weighted by molar-refractivity contribution is -0.170. The second kappa shape index (κ2) is 18.9. The van der Waals surface area contributed by atoms with Gasteiger partial charge in [-0.2, -0.15) is 4.98 Å². The van der Waals surface area contributed by atoms with Crippen LogP contribution in [0.1, 0.15) is 65.0 Å². The topological polar surface area (TPSA) is 174 Å². The van der Waals surface area contributed by atoms with Crippen LogP contribution in [0.4, 0.5) is 9.41 Å². The fourth-order valence-corrected chi connectivity index (χ4v) is 9.04. The van der Waals surface area contributed by atoms with E-state index in [1.54, 1.807) is 12.1 Å². The van der Waals surface area contributed by atoms with E-state index in [4.69, 9.17) is 9.26 Å². The van der Waals surface area contributed by atoms with Crippen molar-refractivity contribution in [2.75, 3.05) is 20.1 Å². The molecule has 1 aliphatic rings. The average Bonchev–Trinajstić information content (AvgIpc) is 4.00. The molecule has 6 aromatic rings. The number of aromatic hydroxyl groups is 1. The summed E-state index contributed by atoms with van der Waals surface area (Å²) in [5.74, 6) is 0.106. The van der Waals surface area contributed by atoms with Gasteiger partial charge in [-0.1, -0.05) is 47.6 Å². The molecule has 56 heavy (non-hydrogen) atoms. The van der Waals surface area contributed by atoms with E-state index < -0.39 is 17.7 Å². The van der Waals surface area contributed by atoms with Crippen LogP contribution < -0.4 is 10.9 Å². The van der Waals surface area contributed by atoms with Crippen molar-refractivity contribution >= 4 is 39.5 Å². The molecule has 4 aromatic heterocycles. The van der Waals surface area contributed by atoms with Gasteiger partial charge < -0.3 is 39.8 Å². The number of rotatable bonds is 16. The van der Waals surface area contributed by atoms with Gasteiger partial charge in [0.25, 0.3) is 0 Å². The zero-order valence-electron chi connectivity index (χ0n) is 30.6. The number of thiophene rings is 2. The molecule has 1 aliphatic carbocycles. The minimum absolute atomic E-state index is 0. The Morgan fingerprint density at radius 1 is 1.02 bits per heavy atom. The van der Waals surface area contributed by atoms with Crippen molar-refractivity contribution in [1.82, 2.24) is 25.3 Å². The number of benzene rings is 2. The van der Waals surface area contributed by atoms with Crippen molar-refractivity contribution in [3.63, 3.8) is 0 Å². The first-order valence-electron chi connectivity index (χ1n) is 18.1. The first kappa shape index (κ1) is 42.3. The number of aromatic amines is 1. The molecular weight excluding hydrogens is 765 g/mol. The molecule has 0 unspecified atom stereocenters. The summed E-state index contributed by atoms with van der Waals surface area (Å²) < 4.78 is 12.1. The molecule has 0 amide bonds. The van der Waals surface area contributed by atoms with Crippen molar-refractivity contribution in [3.8, 4) is 17.1 Å². The van der Waals surface area contributed by atoms with Gasteiger partial charge in [-0.15, -0.1) is 22.7 Å². The molecule has 298 valence electrons. The third-order valence-electron chi connectivity index (χ3n) is 10.2. The van der Waals surface area contributed by atoms with Gasteiger partial charge in [0.05, 0.1) is 27.5 Å². The Kier molecular flexibility index (Phi) is 14.3. The van der Waals surface area contributed by atoms with Gasteiger partial charge in [-0.25, -0.2) is 4.79 Å². The second-order valence-electron chi connectivity index (χ2n) is 13.7. The number of aryl methyl sites for hydroxylation is 1. The zero-order valence-corrected chi connectivity index (χ0v) is 32.3. The summed E-state index contributed by atoms with van der Waals surface area (Å²) in [7, 11) is 2.14. The SMILES string of the molecule is CN(CCCc1nc(-c2ccc(CNC[C@H](O)c3ccc(O)c4[nH]c(=O)ccc34)cc2)no1)C1CCC(OC(C(=O)O)(c2cccs2)c2cccs2)CC1.F.F. The van der Waals surface area contributed by atoms with Crippen molar-refractivity contribution in [2.24, 2.45) is 0 Å². The van der Waals surface area contributed by atoms with E-state index in [9.17, 15) is 24.9 Å². The Morgan fingerprint density at radius 2 is 1.71 bits per heavy atom. The molecule has 7 rings (SSSR count). The van der Waals surface area contributed by atoms with E-state index in [1.165, 1.54) is 34.8 Å². The lowest BCUT2D eigenvalue weighted by Crippen LogP contribution is -2.44. The van der Waals surface area contributed by atoms with E-state index in [2.05, 4.69) is 32.4 Å². The molecule has 0 spiro atoms. The largest absolute Gasteiger partial charge is 0.506 e. The van der Waals surface area contributed by atoms with Crippen molar-refractivity contribution in [2.45, 2.75) is 68.9 Å². The van der Waals surface area contributed by atoms with Crippen LogP contribution in [0, 0.1) is 0 Å². The normalized spacial score (nSPS) is 16.3. The molecule has 0 saturated heterocycles. The number of aromatic nitrogens is 3. The Labute approximate surface area is 329 Å². The Balaban J connectivity index is 0.00000300. The molecule has 2 aromatic carbocycles. The number of ether oxygens (including phenoxy) is 1. The quantitative estimate of drug-likeness (QED) is 0.0700. The maximum absolute atomic E-state index is 12.8. The number of nitrogens with one attached hydrogen (secondary N) is 2. The predicted octanol–water partition coefficient (Wildman–Crippen LogP) is 6.76. The summed E-state index contributed by atoms with van der Waals surface area (Å²) in [4.78, 5) is 35.5. The van der Waals surface area contributed by atoms with Crippen LogP contribution in [-0.4, -0.2) is 73.6 Å². The number of carboxylic acid groups (broad SMARTS) is 1. The third-order valence-corrected chi connectivity index (χ3v) is 12.1. The number of aliphatic hydroxyl groups excluding tert-OH is 1. The van der Waals surface area contributed by atoms with E-state index in [1.807, 2.05) is 59.3 Å². The van der Waals surface area contributed by atoms with Gasteiger partial charge in [0.2, 0.25) is 22.9 Å². The Bertz CT molecular complexity index is 2170. The number of phenolic OH excluding ortho intramolecular Hbond substituents is 1. The molecule has 4 heterocycles. The van der Waals surface area contributed by atoms with E-state index >= 15 is 0 Å². The van der Waals surface area contributed by atoms with Crippen molar-refractivity contribution < 1.29 is 38.8 Å². The minimum atomic E-state index is -1.48. The molecule has 12 nitrogen and oxygen atoms in total. The highest BCUT2D eigenvalue weighted by atomic mass is 32.1. The summed E-state index contributed by atoms with van der Waals surface area (Å²) in [6, 6.07) is 21.8. The van der Waals surface area contributed by atoms with Gasteiger partial charge in [-0.05, 0) is 91.8 Å². The lowest BCUT2D eigenvalue weighted by Gasteiger charge is -2.38. The third kappa shape index (κ3) is 9.23. The maximum Gasteiger partial charge on any atom is 0.347 e. The van der Waals surface area contributed by atoms with Gasteiger partial charge in [-0.3, -0.25) is 14.2 Å². The van der Waals surface area contributed by atoms with Crippen molar-refractivity contribution in [1.29, 1.82) is 0 Å². The molecule has 1 saturated carbocycles. The van der Waals surface area contributed by atoms with Crippen LogP contribution >= 0.6 is 22.7 Å². The van der Waals surface area contributed by atoms with E-state index in [0.29, 0.717) is 56.9 Å².